The summed E-state index contributed by atoms with van der Waals surface area (Å²) in [4.78, 5) is 11.9. The Kier molecular flexibility index (Phi) is 4.76. The maximum Gasteiger partial charge on any atom is 0.253 e. The summed E-state index contributed by atoms with van der Waals surface area (Å²) in [5.74, 6) is -0.238. The Balaban J connectivity index is 4.70. The number of hydrogen-bond acceptors (Lipinski definition) is 3. The minimum Gasteiger partial charge on any atom is -0.369 e. The van der Waals surface area contributed by atoms with Gasteiger partial charge in [0.1, 0.15) is 11.1 Å². The summed E-state index contributed by atoms with van der Waals surface area (Å²) in [6, 6.07) is 2.09. The molecule has 0 heterocycles. The van der Waals surface area contributed by atoms with Gasteiger partial charge in [0.15, 0.2) is 0 Å². The predicted octanol–water partition coefficient (Wildman–Crippen LogP) is 1.61. The Hall–Kier alpha value is -1.08. The summed E-state index contributed by atoms with van der Waals surface area (Å²) in [6.45, 7) is 7.16. The zero-order chi connectivity index (χ0) is 12.1. The van der Waals surface area contributed by atoms with Crippen LogP contribution in [0.5, 0.6) is 0 Å². The van der Waals surface area contributed by atoms with Gasteiger partial charge in [0.2, 0.25) is 0 Å². The van der Waals surface area contributed by atoms with Crippen molar-refractivity contribution in [2.75, 3.05) is 7.11 Å². The van der Waals surface area contributed by atoms with E-state index in [0.29, 0.717) is 12.8 Å². The van der Waals surface area contributed by atoms with E-state index in [1.54, 1.807) is 13.8 Å². The zero-order valence-corrected chi connectivity index (χ0v) is 10.2. The average molecular weight is 212 g/mol. The summed E-state index contributed by atoms with van der Waals surface area (Å²) < 4.78 is 5.16. The second-order valence-electron chi connectivity index (χ2n) is 4.04. The maximum atomic E-state index is 11.9. The molecule has 0 spiro atoms. The normalized spacial score (nSPS) is 18.4. The highest BCUT2D eigenvalue weighted by Gasteiger charge is 2.35. The molecule has 0 aromatic heterocycles. The first-order valence-corrected chi connectivity index (χ1v) is 5.16. The second-order valence-corrected chi connectivity index (χ2v) is 4.04. The predicted molar refractivity (Wildman–Crippen MR) is 58.2 cm³/mol. The molecule has 0 aromatic carbocycles. The molecule has 2 unspecified atom stereocenters. The van der Waals surface area contributed by atoms with E-state index in [1.807, 2.05) is 13.8 Å². The molecule has 2 atom stereocenters. The number of carbonyl (C=O) groups excluding carboxylic acids is 1. The van der Waals surface area contributed by atoms with Crippen LogP contribution in [-0.2, 0) is 9.53 Å². The molecule has 0 fully saturated rings. The standard InChI is InChI=1S/C11H20N2O2/c1-6-10(3,8-12)13-9(14)11(4,7-2)15-5/h6-7H2,1-5H3,(H,13,14). The van der Waals surface area contributed by atoms with Crippen molar-refractivity contribution in [3.8, 4) is 6.07 Å². The number of hydrogen-bond donors (Lipinski definition) is 1. The van der Waals surface area contributed by atoms with Crippen molar-refractivity contribution in [2.45, 2.75) is 51.7 Å². The van der Waals surface area contributed by atoms with Gasteiger partial charge in [0.05, 0.1) is 6.07 Å². The fraction of sp³-hybridized carbons (Fsp3) is 0.818. The number of amides is 1. The van der Waals surface area contributed by atoms with Gasteiger partial charge in [-0.1, -0.05) is 13.8 Å². The molecule has 0 aliphatic heterocycles. The fourth-order valence-corrected chi connectivity index (χ4v) is 0.976. The third-order valence-corrected chi connectivity index (χ3v) is 2.95. The first-order valence-electron chi connectivity index (χ1n) is 5.16. The number of carbonyl (C=O) groups is 1. The first kappa shape index (κ1) is 13.9. The van der Waals surface area contributed by atoms with Crippen molar-refractivity contribution in [3.63, 3.8) is 0 Å². The summed E-state index contributed by atoms with van der Waals surface area (Å²) in [7, 11) is 1.50. The van der Waals surface area contributed by atoms with Gasteiger partial charge in [-0.15, -0.1) is 0 Å². The summed E-state index contributed by atoms with van der Waals surface area (Å²) in [6.07, 6.45) is 1.14. The molecule has 1 amide bonds. The lowest BCUT2D eigenvalue weighted by Gasteiger charge is -2.30. The van der Waals surface area contributed by atoms with E-state index < -0.39 is 11.1 Å². The van der Waals surface area contributed by atoms with E-state index in [0.717, 1.165) is 0 Å². The Morgan fingerprint density at radius 2 is 1.93 bits per heavy atom. The smallest absolute Gasteiger partial charge is 0.253 e. The molecule has 0 bridgehead atoms. The van der Waals surface area contributed by atoms with Crippen LogP contribution in [-0.4, -0.2) is 24.2 Å². The van der Waals surface area contributed by atoms with Gasteiger partial charge >= 0.3 is 0 Å². The van der Waals surface area contributed by atoms with Gasteiger partial charge in [-0.2, -0.15) is 5.26 Å². The minimum absolute atomic E-state index is 0.238. The van der Waals surface area contributed by atoms with E-state index in [9.17, 15) is 4.79 Å². The molecule has 1 N–H and O–H groups in total. The van der Waals surface area contributed by atoms with E-state index in [4.69, 9.17) is 10.00 Å². The molecule has 0 rings (SSSR count). The van der Waals surface area contributed by atoms with Crippen LogP contribution in [0.1, 0.15) is 40.5 Å². The average Bonchev–Trinajstić information content (AvgIpc) is 2.27. The second kappa shape index (κ2) is 5.13. The molecule has 4 heteroatoms. The number of rotatable bonds is 5. The summed E-state index contributed by atoms with van der Waals surface area (Å²) >= 11 is 0. The Bertz CT molecular complexity index is 266. The van der Waals surface area contributed by atoms with Crippen LogP contribution in [0.2, 0.25) is 0 Å². The topological polar surface area (TPSA) is 62.1 Å². The van der Waals surface area contributed by atoms with E-state index in [-0.39, 0.29) is 5.91 Å². The minimum atomic E-state index is -0.854. The van der Waals surface area contributed by atoms with Crippen molar-refractivity contribution < 1.29 is 9.53 Å². The van der Waals surface area contributed by atoms with Gasteiger partial charge in [-0.3, -0.25) is 4.79 Å². The van der Waals surface area contributed by atoms with Gasteiger partial charge < -0.3 is 10.1 Å². The van der Waals surface area contributed by atoms with E-state index in [1.165, 1.54) is 7.11 Å². The SMILES string of the molecule is CCC(C)(C#N)NC(=O)C(C)(CC)OC. The molecule has 86 valence electrons. The number of nitriles is 1. The molecule has 0 saturated carbocycles. The van der Waals surface area contributed by atoms with Crippen LogP contribution >= 0.6 is 0 Å². The first-order chi connectivity index (χ1) is 6.87. The third kappa shape index (κ3) is 3.21. The quantitative estimate of drug-likeness (QED) is 0.753. The number of nitrogens with zero attached hydrogens (tertiary/aromatic N) is 1. The molecule has 0 aliphatic carbocycles. The van der Waals surface area contributed by atoms with Crippen molar-refractivity contribution in [2.24, 2.45) is 0 Å². The molecular weight excluding hydrogens is 192 g/mol. The third-order valence-electron chi connectivity index (χ3n) is 2.95. The number of ether oxygens (including phenoxy) is 1. The van der Waals surface area contributed by atoms with Crippen molar-refractivity contribution in [3.05, 3.63) is 0 Å². The van der Waals surface area contributed by atoms with Crippen LogP contribution in [0.3, 0.4) is 0 Å². The van der Waals surface area contributed by atoms with E-state index in [2.05, 4.69) is 11.4 Å². The molecule has 15 heavy (non-hydrogen) atoms. The Morgan fingerprint density at radius 3 is 2.20 bits per heavy atom. The Labute approximate surface area is 91.6 Å². The van der Waals surface area contributed by atoms with Crippen molar-refractivity contribution in [1.82, 2.24) is 5.32 Å². The largest absolute Gasteiger partial charge is 0.369 e. The lowest BCUT2D eigenvalue weighted by Crippen LogP contribution is -2.53. The van der Waals surface area contributed by atoms with Crippen LogP contribution in [0.25, 0.3) is 0 Å². The van der Waals surface area contributed by atoms with Crippen LogP contribution in [0, 0.1) is 11.3 Å². The van der Waals surface area contributed by atoms with Gasteiger partial charge in [-0.05, 0) is 26.7 Å². The van der Waals surface area contributed by atoms with Gasteiger partial charge in [0, 0.05) is 7.11 Å². The molecular formula is C11H20N2O2. The highest BCUT2D eigenvalue weighted by molar-refractivity contribution is 5.85. The molecule has 0 aromatic rings. The number of methoxy groups -OCH3 is 1. The van der Waals surface area contributed by atoms with Crippen molar-refractivity contribution >= 4 is 5.91 Å². The fourth-order valence-electron chi connectivity index (χ4n) is 0.976. The van der Waals surface area contributed by atoms with Crippen LogP contribution in [0.4, 0.5) is 0 Å². The molecule has 0 aliphatic rings. The molecule has 0 saturated heterocycles. The molecule has 4 nitrogen and oxygen atoms in total. The Morgan fingerprint density at radius 1 is 1.40 bits per heavy atom. The van der Waals surface area contributed by atoms with E-state index >= 15 is 0 Å². The molecule has 0 radical (unpaired) electrons. The maximum absolute atomic E-state index is 11.9. The lowest BCUT2D eigenvalue weighted by molar-refractivity contribution is -0.143. The number of nitrogens with one attached hydrogen (secondary N) is 1. The van der Waals surface area contributed by atoms with Gasteiger partial charge in [0.25, 0.3) is 5.91 Å². The van der Waals surface area contributed by atoms with Crippen LogP contribution in [0.15, 0.2) is 0 Å². The van der Waals surface area contributed by atoms with Crippen molar-refractivity contribution in [1.29, 1.82) is 5.26 Å². The zero-order valence-electron chi connectivity index (χ0n) is 10.2. The highest BCUT2D eigenvalue weighted by Crippen LogP contribution is 2.17. The summed E-state index contributed by atoms with van der Waals surface area (Å²) in [5, 5.41) is 11.6. The lowest BCUT2D eigenvalue weighted by atomic mass is 9.96. The van der Waals surface area contributed by atoms with Crippen LogP contribution < -0.4 is 5.32 Å². The summed E-state index contributed by atoms with van der Waals surface area (Å²) in [5.41, 5.74) is -1.67. The van der Waals surface area contributed by atoms with Gasteiger partial charge in [-0.25, -0.2) is 0 Å². The monoisotopic (exact) mass is 212 g/mol. The highest BCUT2D eigenvalue weighted by atomic mass is 16.5.